The Labute approximate surface area is 149 Å². The molecule has 2 fully saturated rings. The summed E-state index contributed by atoms with van der Waals surface area (Å²) in [5.41, 5.74) is 0.633. The van der Waals surface area contributed by atoms with Gasteiger partial charge in [-0.05, 0) is 55.5 Å². The average Bonchev–Trinajstić information content (AvgIpc) is 3.55. The van der Waals surface area contributed by atoms with E-state index in [0.29, 0.717) is 24.1 Å². The van der Waals surface area contributed by atoms with Crippen LogP contribution in [-0.4, -0.2) is 24.1 Å². The molecular formula is C21H24N2O2. The number of benzene rings is 1. The molecule has 0 spiro atoms. The molecule has 2 aliphatic rings. The molecule has 0 radical (unpaired) electrons. The third-order valence-corrected chi connectivity index (χ3v) is 5.19. The fraction of sp³-hybridized carbons (Fsp3) is 0.476. The van der Waals surface area contributed by atoms with E-state index in [0.717, 1.165) is 36.3 Å². The van der Waals surface area contributed by atoms with Gasteiger partial charge in [-0.15, -0.1) is 0 Å². The van der Waals surface area contributed by atoms with Gasteiger partial charge in [0.05, 0.1) is 18.2 Å². The first-order valence-corrected chi connectivity index (χ1v) is 9.18. The van der Waals surface area contributed by atoms with Crippen LogP contribution >= 0.6 is 0 Å². The lowest BCUT2D eigenvalue weighted by Crippen LogP contribution is -2.30. The minimum absolute atomic E-state index is 0.624. The maximum atomic E-state index is 8.96. The van der Waals surface area contributed by atoms with Crippen LogP contribution in [0.2, 0.25) is 0 Å². The Morgan fingerprint density at radius 3 is 2.84 bits per heavy atom. The van der Waals surface area contributed by atoms with E-state index in [1.807, 2.05) is 12.1 Å². The molecule has 1 aromatic heterocycles. The third-order valence-electron chi connectivity index (χ3n) is 5.19. The Morgan fingerprint density at radius 2 is 2.12 bits per heavy atom. The molecule has 2 unspecified atom stereocenters. The molecule has 2 aromatic rings. The number of nitrogens with zero attached hydrogens (tertiary/aromatic N) is 2. The molecule has 0 amide bonds. The summed E-state index contributed by atoms with van der Waals surface area (Å²) in [6.45, 7) is 4.63. The Hall–Kier alpha value is -2.25. The molecule has 4 heteroatoms. The van der Waals surface area contributed by atoms with Crippen molar-refractivity contribution in [3.05, 3.63) is 53.5 Å². The molecule has 1 aromatic carbocycles. The van der Waals surface area contributed by atoms with Crippen molar-refractivity contribution in [2.24, 2.45) is 5.92 Å². The van der Waals surface area contributed by atoms with Gasteiger partial charge in [-0.2, -0.15) is 5.26 Å². The highest BCUT2D eigenvalue weighted by Crippen LogP contribution is 2.47. The van der Waals surface area contributed by atoms with E-state index < -0.39 is 0 Å². The molecule has 2 atom stereocenters. The van der Waals surface area contributed by atoms with Crippen LogP contribution < -0.4 is 4.74 Å². The van der Waals surface area contributed by atoms with Crippen molar-refractivity contribution in [1.82, 2.24) is 4.90 Å². The summed E-state index contributed by atoms with van der Waals surface area (Å²) < 4.78 is 11.9. The molecule has 0 saturated heterocycles. The van der Waals surface area contributed by atoms with Gasteiger partial charge in [0.1, 0.15) is 23.9 Å². The van der Waals surface area contributed by atoms with Gasteiger partial charge < -0.3 is 9.15 Å². The first kappa shape index (κ1) is 16.2. The Morgan fingerprint density at radius 1 is 1.28 bits per heavy atom. The van der Waals surface area contributed by atoms with E-state index in [1.54, 1.807) is 12.1 Å². The summed E-state index contributed by atoms with van der Waals surface area (Å²) in [6.07, 6.45) is 3.78. The van der Waals surface area contributed by atoms with E-state index in [1.165, 1.54) is 19.3 Å². The molecule has 25 heavy (non-hydrogen) atoms. The third kappa shape index (κ3) is 4.05. The number of furan rings is 1. The van der Waals surface area contributed by atoms with Gasteiger partial charge in [-0.1, -0.05) is 13.0 Å². The van der Waals surface area contributed by atoms with E-state index in [2.05, 4.69) is 30.0 Å². The van der Waals surface area contributed by atoms with Crippen LogP contribution in [0.5, 0.6) is 5.75 Å². The monoisotopic (exact) mass is 336 g/mol. The van der Waals surface area contributed by atoms with Crippen molar-refractivity contribution >= 4 is 0 Å². The van der Waals surface area contributed by atoms with Gasteiger partial charge in [0, 0.05) is 18.5 Å². The highest BCUT2D eigenvalue weighted by atomic mass is 16.5. The zero-order valence-electron chi connectivity index (χ0n) is 14.6. The fourth-order valence-corrected chi connectivity index (χ4v) is 3.36. The number of ether oxygens (including phenoxy) is 1. The lowest BCUT2D eigenvalue weighted by molar-refractivity contribution is 0.183. The van der Waals surface area contributed by atoms with E-state index in [-0.39, 0.29) is 0 Å². The topological polar surface area (TPSA) is 49.4 Å². The standard InChI is InChI=1S/C21H24N2O2/c1-15-11-20(15)21-8-7-19(25-21)14-23(17-5-6-17)9-10-24-18-4-2-3-16(12-18)13-22/h2-4,7-8,12,15,17,20H,5-6,9-11,14H2,1H3. The second-order valence-electron chi connectivity index (χ2n) is 7.31. The molecule has 1 heterocycles. The molecule has 4 nitrogen and oxygen atoms in total. The zero-order valence-corrected chi connectivity index (χ0v) is 14.6. The second-order valence-corrected chi connectivity index (χ2v) is 7.31. The lowest BCUT2D eigenvalue weighted by Gasteiger charge is -2.21. The van der Waals surface area contributed by atoms with E-state index in [9.17, 15) is 0 Å². The van der Waals surface area contributed by atoms with Crippen LogP contribution in [-0.2, 0) is 6.54 Å². The summed E-state index contributed by atoms with van der Waals surface area (Å²) >= 11 is 0. The van der Waals surface area contributed by atoms with Crippen molar-refractivity contribution < 1.29 is 9.15 Å². The van der Waals surface area contributed by atoms with Crippen molar-refractivity contribution in [3.8, 4) is 11.8 Å². The van der Waals surface area contributed by atoms with Gasteiger partial charge in [-0.25, -0.2) is 0 Å². The summed E-state index contributed by atoms with van der Waals surface area (Å²) in [7, 11) is 0. The first-order valence-electron chi connectivity index (χ1n) is 9.18. The molecule has 2 saturated carbocycles. The van der Waals surface area contributed by atoms with Gasteiger partial charge in [0.25, 0.3) is 0 Å². The number of nitriles is 1. The van der Waals surface area contributed by atoms with Crippen molar-refractivity contribution in [2.45, 2.75) is 44.7 Å². The maximum Gasteiger partial charge on any atom is 0.120 e. The van der Waals surface area contributed by atoms with E-state index >= 15 is 0 Å². The summed E-state index contributed by atoms with van der Waals surface area (Å²) in [6, 6.07) is 14.4. The first-order chi connectivity index (χ1) is 12.2. The average molecular weight is 336 g/mol. The highest BCUT2D eigenvalue weighted by Gasteiger charge is 2.37. The predicted molar refractivity (Wildman–Crippen MR) is 95.3 cm³/mol. The Kier molecular flexibility index (Phi) is 4.50. The number of hydrogen-bond donors (Lipinski definition) is 0. The lowest BCUT2D eigenvalue weighted by atomic mass is 10.2. The molecule has 0 aliphatic heterocycles. The molecule has 2 aliphatic carbocycles. The molecule has 0 bridgehead atoms. The van der Waals surface area contributed by atoms with Crippen molar-refractivity contribution in [1.29, 1.82) is 5.26 Å². The van der Waals surface area contributed by atoms with Gasteiger partial charge in [0.2, 0.25) is 0 Å². The van der Waals surface area contributed by atoms with Gasteiger partial charge in [0.15, 0.2) is 0 Å². The smallest absolute Gasteiger partial charge is 0.120 e. The Balaban J connectivity index is 1.31. The minimum Gasteiger partial charge on any atom is -0.492 e. The fourth-order valence-electron chi connectivity index (χ4n) is 3.36. The van der Waals surface area contributed by atoms with Crippen LogP contribution in [0.1, 0.15) is 49.2 Å². The SMILES string of the molecule is CC1CC1c1ccc(CN(CCOc2cccc(C#N)c2)C2CC2)o1. The van der Waals surface area contributed by atoms with Crippen LogP contribution in [0.15, 0.2) is 40.8 Å². The maximum absolute atomic E-state index is 8.96. The normalized spacial score (nSPS) is 22.0. The summed E-state index contributed by atoms with van der Waals surface area (Å²) in [4.78, 5) is 2.45. The van der Waals surface area contributed by atoms with Gasteiger partial charge >= 0.3 is 0 Å². The quantitative estimate of drug-likeness (QED) is 0.720. The van der Waals surface area contributed by atoms with Gasteiger partial charge in [-0.3, -0.25) is 4.90 Å². The van der Waals surface area contributed by atoms with Crippen LogP contribution in [0.3, 0.4) is 0 Å². The molecule has 130 valence electrons. The molecule has 0 N–H and O–H groups in total. The minimum atomic E-state index is 0.624. The van der Waals surface area contributed by atoms with Crippen molar-refractivity contribution in [2.75, 3.05) is 13.2 Å². The van der Waals surface area contributed by atoms with Crippen LogP contribution in [0, 0.1) is 17.2 Å². The summed E-state index contributed by atoms with van der Waals surface area (Å²) in [5, 5.41) is 8.96. The van der Waals surface area contributed by atoms with E-state index in [4.69, 9.17) is 14.4 Å². The summed E-state index contributed by atoms with van der Waals surface area (Å²) in [5.74, 6) is 4.39. The zero-order chi connectivity index (χ0) is 17.2. The number of hydrogen-bond acceptors (Lipinski definition) is 4. The second kappa shape index (κ2) is 6.93. The van der Waals surface area contributed by atoms with Crippen molar-refractivity contribution in [3.63, 3.8) is 0 Å². The van der Waals surface area contributed by atoms with Crippen LogP contribution in [0.25, 0.3) is 0 Å². The van der Waals surface area contributed by atoms with Crippen LogP contribution in [0.4, 0.5) is 0 Å². The number of rotatable bonds is 8. The molecular weight excluding hydrogens is 312 g/mol. The predicted octanol–water partition coefficient (Wildman–Crippen LogP) is 4.32. The molecule has 4 rings (SSSR count). The highest BCUT2D eigenvalue weighted by molar-refractivity contribution is 5.36. The Bertz CT molecular complexity index is 772. The largest absolute Gasteiger partial charge is 0.492 e.